The molecule has 0 fully saturated rings. The average Bonchev–Trinajstić information content (AvgIpc) is 2.43. The van der Waals surface area contributed by atoms with Crippen molar-refractivity contribution < 1.29 is 5.11 Å². The zero-order chi connectivity index (χ0) is 10.6. The van der Waals surface area contributed by atoms with Crippen molar-refractivity contribution in [3.05, 3.63) is 11.6 Å². The minimum absolute atomic E-state index is 0.247. The van der Waals surface area contributed by atoms with Gasteiger partial charge in [0.2, 0.25) is 0 Å². The van der Waals surface area contributed by atoms with Crippen molar-refractivity contribution >= 4 is 0 Å². The van der Waals surface area contributed by atoms with Crippen molar-refractivity contribution in [3.63, 3.8) is 0 Å². The number of aliphatic hydroxyl groups excluding tert-OH is 1. The van der Waals surface area contributed by atoms with Gasteiger partial charge in [0.05, 0.1) is 12.6 Å². The van der Waals surface area contributed by atoms with Gasteiger partial charge in [-0.1, -0.05) is 0 Å². The third-order valence-electron chi connectivity index (χ3n) is 2.20. The van der Waals surface area contributed by atoms with E-state index < -0.39 is 0 Å². The second-order valence-electron chi connectivity index (χ2n) is 3.54. The summed E-state index contributed by atoms with van der Waals surface area (Å²) in [6.45, 7) is 5.20. The Hall–Kier alpha value is -0.940. The van der Waals surface area contributed by atoms with Crippen molar-refractivity contribution in [1.82, 2.24) is 20.1 Å². The molecule has 14 heavy (non-hydrogen) atoms. The van der Waals surface area contributed by atoms with E-state index in [1.165, 1.54) is 0 Å². The van der Waals surface area contributed by atoms with E-state index in [1.54, 1.807) is 6.92 Å². The molecule has 0 aromatic carbocycles. The van der Waals surface area contributed by atoms with E-state index in [0.29, 0.717) is 6.54 Å². The van der Waals surface area contributed by atoms with Crippen LogP contribution < -0.4 is 5.32 Å². The van der Waals surface area contributed by atoms with E-state index in [0.717, 1.165) is 24.6 Å². The highest BCUT2D eigenvalue weighted by Gasteiger charge is 2.03. The number of nitrogens with one attached hydrogen (secondary N) is 1. The Morgan fingerprint density at radius 1 is 1.50 bits per heavy atom. The van der Waals surface area contributed by atoms with Gasteiger partial charge in [-0.05, 0) is 26.8 Å². The van der Waals surface area contributed by atoms with Crippen molar-refractivity contribution in [2.24, 2.45) is 7.05 Å². The molecular formula is C9H18N4O. The molecular weight excluding hydrogens is 180 g/mol. The first-order valence-electron chi connectivity index (χ1n) is 4.85. The first-order chi connectivity index (χ1) is 6.61. The molecule has 1 heterocycles. The molecule has 0 aliphatic rings. The lowest BCUT2D eigenvalue weighted by molar-refractivity contribution is 0.183. The average molecular weight is 198 g/mol. The predicted molar refractivity (Wildman–Crippen MR) is 53.7 cm³/mol. The van der Waals surface area contributed by atoms with Crippen LogP contribution in [-0.4, -0.2) is 32.5 Å². The maximum atomic E-state index is 9.04. The van der Waals surface area contributed by atoms with Crippen LogP contribution in [0.15, 0.2) is 0 Å². The summed E-state index contributed by atoms with van der Waals surface area (Å²) in [6.07, 6.45) is 0.514. The molecule has 1 atom stereocenters. The highest BCUT2D eigenvalue weighted by atomic mass is 16.3. The molecule has 5 nitrogen and oxygen atoms in total. The third kappa shape index (κ3) is 3.08. The SMILES string of the molecule is Cc1nnc(CNCCC(C)O)n1C. The van der Waals surface area contributed by atoms with E-state index in [9.17, 15) is 0 Å². The molecule has 5 heteroatoms. The molecule has 80 valence electrons. The first kappa shape index (κ1) is 11.1. The fraction of sp³-hybridized carbons (Fsp3) is 0.778. The van der Waals surface area contributed by atoms with Crippen LogP contribution in [0, 0.1) is 6.92 Å². The Labute approximate surface area is 84.2 Å². The molecule has 0 aliphatic heterocycles. The van der Waals surface area contributed by atoms with Gasteiger partial charge in [-0.2, -0.15) is 0 Å². The van der Waals surface area contributed by atoms with Crippen LogP contribution in [0.2, 0.25) is 0 Å². The molecule has 0 aliphatic carbocycles. The zero-order valence-electron chi connectivity index (χ0n) is 8.99. The van der Waals surface area contributed by atoms with Crippen LogP contribution in [0.1, 0.15) is 25.0 Å². The van der Waals surface area contributed by atoms with Gasteiger partial charge in [0.15, 0.2) is 0 Å². The zero-order valence-corrected chi connectivity index (χ0v) is 8.99. The number of aliphatic hydroxyl groups is 1. The van der Waals surface area contributed by atoms with Gasteiger partial charge in [0.25, 0.3) is 0 Å². The standard InChI is InChI=1S/C9H18N4O/c1-7(14)4-5-10-6-9-12-11-8(2)13(9)3/h7,10,14H,4-6H2,1-3H3. The number of aromatic nitrogens is 3. The number of hydrogen-bond donors (Lipinski definition) is 2. The minimum Gasteiger partial charge on any atom is -0.393 e. The van der Waals surface area contributed by atoms with Crippen LogP contribution >= 0.6 is 0 Å². The maximum absolute atomic E-state index is 9.04. The number of rotatable bonds is 5. The van der Waals surface area contributed by atoms with E-state index in [4.69, 9.17) is 5.11 Å². The first-order valence-corrected chi connectivity index (χ1v) is 4.85. The van der Waals surface area contributed by atoms with Crippen molar-refractivity contribution in [3.8, 4) is 0 Å². The van der Waals surface area contributed by atoms with Gasteiger partial charge >= 0.3 is 0 Å². The number of aryl methyl sites for hydroxylation is 1. The lowest BCUT2D eigenvalue weighted by Crippen LogP contribution is -2.20. The van der Waals surface area contributed by atoms with Crippen molar-refractivity contribution in [2.75, 3.05) is 6.54 Å². The Kier molecular flexibility index (Phi) is 4.03. The number of hydrogen-bond acceptors (Lipinski definition) is 4. The smallest absolute Gasteiger partial charge is 0.146 e. The van der Waals surface area contributed by atoms with Crippen LogP contribution in [0.5, 0.6) is 0 Å². The minimum atomic E-state index is -0.247. The summed E-state index contributed by atoms with van der Waals surface area (Å²) >= 11 is 0. The van der Waals surface area contributed by atoms with Crippen molar-refractivity contribution in [2.45, 2.75) is 32.9 Å². The summed E-state index contributed by atoms with van der Waals surface area (Å²) in [5.41, 5.74) is 0. The highest BCUT2D eigenvalue weighted by Crippen LogP contribution is 1.96. The van der Waals surface area contributed by atoms with Gasteiger partial charge in [-0.15, -0.1) is 10.2 Å². The normalized spacial score (nSPS) is 13.1. The van der Waals surface area contributed by atoms with Gasteiger partial charge in [-0.25, -0.2) is 0 Å². The summed E-state index contributed by atoms with van der Waals surface area (Å²) in [5, 5.41) is 20.2. The summed E-state index contributed by atoms with van der Waals surface area (Å²) in [6, 6.07) is 0. The van der Waals surface area contributed by atoms with E-state index in [2.05, 4.69) is 15.5 Å². The fourth-order valence-electron chi connectivity index (χ4n) is 1.12. The Morgan fingerprint density at radius 3 is 2.71 bits per heavy atom. The molecule has 0 radical (unpaired) electrons. The second kappa shape index (κ2) is 5.07. The molecule has 0 saturated heterocycles. The monoisotopic (exact) mass is 198 g/mol. The molecule has 1 unspecified atom stereocenters. The largest absolute Gasteiger partial charge is 0.393 e. The lowest BCUT2D eigenvalue weighted by atomic mass is 10.3. The van der Waals surface area contributed by atoms with Gasteiger partial charge < -0.3 is 15.0 Å². The fourth-order valence-corrected chi connectivity index (χ4v) is 1.12. The van der Waals surface area contributed by atoms with E-state index in [-0.39, 0.29) is 6.10 Å². The predicted octanol–water partition coefficient (Wildman–Crippen LogP) is -0.0160. The molecule has 1 rings (SSSR count). The van der Waals surface area contributed by atoms with Gasteiger partial charge in [0, 0.05) is 7.05 Å². The summed E-state index contributed by atoms with van der Waals surface area (Å²) in [7, 11) is 1.95. The van der Waals surface area contributed by atoms with E-state index in [1.807, 2.05) is 18.5 Å². The highest BCUT2D eigenvalue weighted by molar-refractivity contribution is 4.91. The summed E-state index contributed by atoms with van der Waals surface area (Å²) in [5.74, 6) is 1.84. The topological polar surface area (TPSA) is 63.0 Å². The number of nitrogens with zero attached hydrogens (tertiary/aromatic N) is 3. The van der Waals surface area contributed by atoms with Crippen LogP contribution in [0.4, 0.5) is 0 Å². The van der Waals surface area contributed by atoms with Crippen LogP contribution in [-0.2, 0) is 13.6 Å². The third-order valence-corrected chi connectivity index (χ3v) is 2.20. The Balaban J connectivity index is 2.28. The molecule has 2 N–H and O–H groups in total. The Bertz CT molecular complexity index is 282. The lowest BCUT2D eigenvalue weighted by Gasteiger charge is -2.06. The van der Waals surface area contributed by atoms with Crippen LogP contribution in [0.25, 0.3) is 0 Å². The quantitative estimate of drug-likeness (QED) is 0.653. The molecule has 0 spiro atoms. The Morgan fingerprint density at radius 2 is 2.21 bits per heavy atom. The molecule has 0 bridgehead atoms. The summed E-state index contributed by atoms with van der Waals surface area (Å²) < 4.78 is 1.95. The maximum Gasteiger partial charge on any atom is 0.146 e. The van der Waals surface area contributed by atoms with Gasteiger partial charge in [0.1, 0.15) is 11.6 Å². The molecule has 0 amide bonds. The summed E-state index contributed by atoms with van der Waals surface area (Å²) in [4.78, 5) is 0. The van der Waals surface area contributed by atoms with E-state index >= 15 is 0 Å². The molecule has 1 aromatic heterocycles. The molecule has 0 saturated carbocycles. The van der Waals surface area contributed by atoms with Gasteiger partial charge in [-0.3, -0.25) is 0 Å². The second-order valence-corrected chi connectivity index (χ2v) is 3.54. The molecule has 1 aromatic rings. The van der Waals surface area contributed by atoms with Crippen molar-refractivity contribution in [1.29, 1.82) is 0 Å². The van der Waals surface area contributed by atoms with Crippen LogP contribution in [0.3, 0.4) is 0 Å².